The molecule has 0 aliphatic carbocycles. The molecule has 1 aromatic rings. The zero-order valence-electron chi connectivity index (χ0n) is 12.7. The van der Waals surface area contributed by atoms with Crippen LogP contribution in [0.3, 0.4) is 0 Å². The van der Waals surface area contributed by atoms with Crippen molar-refractivity contribution in [2.24, 2.45) is 0 Å². The number of benzene rings is 1. The number of sulfone groups is 1. The van der Waals surface area contributed by atoms with Gasteiger partial charge in [-0.1, -0.05) is 6.92 Å². The van der Waals surface area contributed by atoms with E-state index in [1.54, 1.807) is 26.0 Å². The summed E-state index contributed by atoms with van der Waals surface area (Å²) in [7, 11) is -3.08. The number of carbonyl (C=O) groups is 1. The average molecular weight is 340 g/mol. The lowest BCUT2D eigenvalue weighted by molar-refractivity contribution is -0.121. The van der Waals surface area contributed by atoms with E-state index in [0.717, 1.165) is 4.90 Å². The van der Waals surface area contributed by atoms with Crippen LogP contribution in [0.15, 0.2) is 29.2 Å². The Morgan fingerprint density at radius 1 is 1.36 bits per heavy atom. The molecule has 0 saturated heterocycles. The van der Waals surface area contributed by atoms with Crippen LogP contribution >= 0.6 is 11.8 Å². The first-order chi connectivity index (χ1) is 10.4. The van der Waals surface area contributed by atoms with Crippen molar-refractivity contribution in [2.75, 3.05) is 17.3 Å². The van der Waals surface area contributed by atoms with Gasteiger partial charge in [0.1, 0.15) is 0 Å². The summed E-state index contributed by atoms with van der Waals surface area (Å²) in [6.45, 7) is 3.29. The maximum atomic E-state index is 11.8. The molecule has 0 aliphatic heterocycles. The quantitative estimate of drug-likeness (QED) is 0.731. The Kier molecular flexibility index (Phi) is 7.42. The minimum absolute atomic E-state index is 0.0298. The standard InChI is InChI=1S/C15H20N2O3S2/c1-3-22(19,20)11-12(2)17-15(18)8-9-21-14-6-4-13(10-16)5-7-14/h4-7,12H,3,8-9,11H2,1-2H3,(H,17,18). The maximum Gasteiger partial charge on any atom is 0.221 e. The number of hydrogen-bond donors (Lipinski definition) is 1. The fourth-order valence-corrected chi connectivity index (χ4v) is 3.71. The molecular formula is C15H20N2O3S2. The van der Waals surface area contributed by atoms with Crippen molar-refractivity contribution in [1.29, 1.82) is 5.26 Å². The summed E-state index contributed by atoms with van der Waals surface area (Å²) in [5, 5.41) is 11.4. The molecule has 1 aromatic carbocycles. The van der Waals surface area contributed by atoms with Gasteiger partial charge in [-0.05, 0) is 31.2 Å². The zero-order valence-corrected chi connectivity index (χ0v) is 14.3. The van der Waals surface area contributed by atoms with Gasteiger partial charge in [-0.2, -0.15) is 5.26 Å². The first-order valence-electron chi connectivity index (χ1n) is 6.99. The number of hydrogen-bond acceptors (Lipinski definition) is 5. The van der Waals surface area contributed by atoms with Crippen LogP contribution in [0.2, 0.25) is 0 Å². The number of nitrogens with one attached hydrogen (secondary N) is 1. The fourth-order valence-electron chi connectivity index (χ4n) is 1.77. The molecule has 0 saturated carbocycles. The van der Waals surface area contributed by atoms with Crippen molar-refractivity contribution in [2.45, 2.75) is 31.2 Å². The predicted octanol–water partition coefficient (Wildman–Crippen LogP) is 1.98. The highest BCUT2D eigenvalue weighted by molar-refractivity contribution is 7.99. The molecule has 120 valence electrons. The lowest BCUT2D eigenvalue weighted by atomic mass is 10.2. The van der Waals surface area contributed by atoms with Crippen LogP contribution in [0, 0.1) is 11.3 Å². The maximum absolute atomic E-state index is 11.8. The van der Waals surface area contributed by atoms with Gasteiger partial charge in [0.2, 0.25) is 5.91 Å². The Hall–Kier alpha value is -1.52. The summed E-state index contributed by atoms with van der Waals surface area (Å²) < 4.78 is 22.9. The lowest BCUT2D eigenvalue weighted by Crippen LogP contribution is -2.38. The molecule has 1 rings (SSSR count). The van der Waals surface area contributed by atoms with Gasteiger partial charge in [0, 0.05) is 28.9 Å². The van der Waals surface area contributed by atoms with Gasteiger partial charge >= 0.3 is 0 Å². The Balaban J connectivity index is 2.32. The van der Waals surface area contributed by atoms with Crippen molar-refractivity contribution in [1.82, 2.24) is 5.32 Å². The summed E-state index contributed by atoms with van der Waals surface area (Å²) in [5.74, 6) is 0.505. The third-order valence-corrected chi connectivity index (χ3v) is 5.83. The second kappa shape index (κ2) is 8.81. The molecule has 0 aliphatic rings. The molecule has 0 fully saturated rings. The van der Waals surface area contributed by atoms with Gasteiger partial charge < -0.3 is 5.32 Å². The van der Waals surface area contributed by atoms with Gasteiger partial charge in [-0.3, -0.25) is 4.79 Å². The van der Waals surface area contributed by atoms with E-state index in [-0.39, 0.29) is 23.5 Å². The summed E-state index contributed by atoms with van der Waals surface area (Å²) in [5.41, 5.74) is 0.605. The van der Waals surface area contributed by atoms with Crippen LogP contribution in [0.4, 0.5) is 0 Å². The molecule has 1 unspecified atom stereocenters. The number of rotatable bonds is 8. The second-order valence-electron chi connectivity index (χ2n) is 4.90. The molecule has 0 radical (unpaired) electrons. The first kappa shape index (κ1) is 18.5. The number of nitrogens with zero attached hydrogens (tertiary/aromatic N) is 1. The Morgan fingerprint density at radius 2 is 2.00 bits per heavy atom. The largest absolute Gasteiger partial charge is 0.353 e. The van der Waals surface area contributed by atoms with Gasteiger partial charge in [0.15, 0.2) is 9.84 Å². The Labute approximate surface area is 136 Å². The van der Waals surface area contributed by atoms with Crippen molar-refractivity contribution >= 4 is 27.5 Å². The van der Waals surface area contributed by atoms with Crippen molar-refractivity contribution < 1.29 is 13.2 Å². The van der Waals surface area contributed by atoms with Crippen LogP contribution in [0.1, 0.15) is 25.8 Å². The Morgan fingerprint density at radius 3 is 2.55 bits per heavy atom. The van der Waals surface area contributed by atoms with Crippen LogP contribution in [0.25, 0.3) is 0 Å². The molecule has 0 spiro atoms. The predicted molar refractivity (Wildman–Crippen MR) is 88.4 cm³/mol. The van der Waals surface area contributed by atoms with E-state index >= 15 is 0 Å². The highest BCUT2D eigenvalue weighted by Crippen LogP contribution is 2.18. The molecule has 0 heterocycles. The highest BCUT2D eigenvalue weighted by Gasteiger charge is 2.15. The van der Waals surface area contributed by atoms with Gasteiger partial charge in [0.05, 0.1) is 17.4 Å². The monoisotopic (exact) mass is 340 g/mol. The minimum atomic E-state index is -3.08. The van der Waals surface area contributed by atoms with Gasteiger partial charge in [0.25, 0.3) is 0 Å². The summed E-state index contributed by atoms with van der Waals surface area (Å²) in [4.78, 5) is 12.7. The topological polar surface area (TPSA) is 87.0 Å². The lowest BCUT2D eigenvalue weighted by Gasteiger charge is -2.13. The number of carbonyl (C=O) groups excluding carboxylic acids is 1. The SMILES string of the molecule is CCS(=O)(=O)CC(C)NC(=O)CCSc1ccc(C#N)cc1. The van der Waals surface area contributed by atoms with Gasteiger partial charge in [-0.15, -0.1) is 11.8 Å². The van der Waals surface area contributed by atoms with Gasteiger partial charge in [-0.25, -0.2) is 8.42 Å². The molecule has 7 heteroatoms. The summed E-state index contributed by atoms with van der Waals surface area (Å²) in [6, 6.07) is 8.84. The fraction of sp³-hybridized carbons (Fsp3) is 0.467. The van der Waals surface area contributed by atoms with Crippen molar-refractivity contribution in [3.8, 4) is 6.07 Å². The van der Waals surface area contributed by atoms with Crippen LogP contribution in [-0.4, -0.2) is 37.6 Å². The number of nitriles is 1. The molecule has 1 N–H and O–H groups in total. The zero-order chi connectivity index (χ0) is 16.6. The highest BCUT2D eigenvalue weighted by atomic mass is 32.2. The van der Waals surface area contributed by atoms with Crippen LogP contribution in [-0.2, 0) is 14.6 Å². The summed E-state index contributed by atoms with van der Waals surface area (Å²) in [6.07, 6.45) is 0.321. The molecule has 0 aromatic heterocycles. The summed E-state index contributed by atoms with van der Waals surface area (Å²) >= 11 is 1.52. The van der Waals surface area contributed by atoms with Crippen LogP contribution in [0.5, 0.6) is 0 Å². The number of thioether (sulfide) groups is 1. The second-order valence-corrected chi connectivity index (χ2v) is 8.47. The van der Waals surface area contributed by atoms with E-state index in [2.05, 4.69) is 11.4 Å². The normalized spacial score (nSPS) is 12.4. The van der Waals surface area contributed by atoms with E-state index in [1.807, 2.05) is 12.1 Å². The van der Waals surface area contributed by atoms with Crippen molar-refractivity contribution in [3.63, 3.8) is 0 Å². The molecule has 0 bridgehead atoms. The molecular weight excluding hydrogens is 320 g/mol. The van der Waals surface area contributed by atoms with E-state index in [1.165, 1.54) is 11.8 Å². The molecule has 1 atom stereocenters. The third-order valence-electron chi connectivity index (χ3n) is 2.93. The van der Waals surface area contributed by atoms with E-state index in [4.69, 9.17) is 5.26 Å². The molecule has 1 amide bonds. The minimum Gasteiger partial charge on any atom is -0.353 e. The van der Waals surface area contributed by atoms with Crippen LogP contribution < -0.4 is 5.32 Å². The molecule has 22 heavy (non-hydrogen) atoms. The molecule has 5 nitrogen and oxygen atoms in total. The first-order valence-corrected chi connectivity index (χ1v) is 9.79. The van der Waals surface area contributed by atoms with E-state index in [0.29, 0.717) is 17.7 Å². The number of amides is 1. The van der Waals surface area contributed by atoms with E-state index in [9.17, 15) is 13.2 Å². The smallest absolute Gasteiger partial charge is 0.221 e. The average Bonchev–Trinajstić information content (AvgIpc) is 2.47. The van der Waals surface area contributed by atoms with E-state index < -0.39 is 9.84 Å². The third kappa shape index (κ3) is 6.96. The van der Waals surface area contributed by atoms with Crippen molar-refractivity contribution in [3.05, 3.63) is 29.8 Å². The Bertz CT molecular complexity index is 634.